The zero-order valence-electron chi connectivity index (χ0n) is 30.1. The Balaban J connectivity index is 2.21. The van der Waals surface area contributed by atoms with Crippen molar-refractivity contribution in [1.29, 1.82) is 0 Å². The van der Waals surface area contributed by atoms with Gasteiger partial charge in [-0.15, -0.1) is 0 Å². The number of hydrogen-bond donors (Lipinski definition) is 0. The Morgan fingerprint density at radius 3 is 2.09 bits per heavy atom. The molecule has 45 heavy (non-hydrogen) atoms. The van der Waals surface area contributed by atoms with Crippen LogP contribution in [0, 0.1) is 11.8 Å². The number of benzene rings is 1. The van der Waals surface area contributed by atoms with Gasteiger partial charge in [0.1, 0.15) is 5.78 Å². The third-order valence-electron chi connectivity index (χ3n) is 10.6. The molecule has 0 N–H and O–H groups in total. The Morgan fingerprint density at radius 1 is 0.889 bits per heavy atom. The summed E-state index contributed by atoms with van der Waals surface area (Å²) in [4.78, 5) is 25.5. The minimum Gasteiger partial charge on any atom is -0.463 e. The van der Waals surface area contributed by atoms with Gasteiger partial charge in [-0.2, -0.15) is 0 Å². The van der Waals surface area contributed by atoms with Gasteiger partial charge in [-0.1, -0.05) is 84.0 Å². The van der Waals surface area contributed by atoms with Crippen LogP contribution in [-0.2, 0) is 29.6 Å². The average Bonchev–Trinajstić information content (AvgIpc) is 3.34. The summed E-state index contributed by atoms with van der Waals surface area (Å²) >= 11 is 0. The predicted octanol–water partition coefficient (Wildman–Crippen LogP) is 10.5. The van der Waals surface area contributed by atoms with Gasteiger partial charge in [-0.25, -0.2) is 0 Å². The van der Waals surface area contributed by atoms with Gasteiger partial charge in [0, 0.05) is 24.9 Å². The molecule has 1 saturated carbocycles. The number of ether oxygens (including phenoxy) is 1. The lowest BCUT2D eigenvalue weighted by molar-refractivity contribution is -0.147. The molecule has 1 aromatic carbocycles. The van der Waals surface area contributed by atoms with Crippen LogP contribution >= 0.6 is 0 Å². The normalized spacial score (nSPS) is 19.9. The number of carbonyl (C=O) groups excluding carboxylic acids is 2. The monoisotopic (exact) mass is 658 g/mol. The minimum atomic E-state index is -1.86. The molecule has 1 aromatic rings. The summed E-state index contributed by atoms with van der Waals surface area (Å²) in [5, 5.41) is 0. The van der Waals surface area contributed by atoms with Crippen molar-refractivity contribution in [3.63, 3.8) is 0 Å². The lowest BCUT2D eigenvalue weighted by Crippen LogP contribution is -2.42. The van der Waals surface area contributed by atoms with Crippen molar-refractivity contribution in [2.45, 2.75) is 168 Å². The zero-order valence-corrected chi connectivity index (χ0v) is 32.1. The third-order valence-corrected chi connectivity index (χ3v) is 20.0. The van der Waals surface area contributed by atoms with Gasteiger partial charge in [0.2, 0.25) is 0 Å². The van der Waals surface area contributed by atoms with E-state index in [2.05, 4.69) is 84.0 Å². The zero-order chi connectivity index (χ0) is 33.3. The van der Waals surface area contributed by atoms with Crippen LogP contribution in [-0.4, -0.2) is 46.7 Å². The highest BCUT2D eigenvalue weighted by Gasteiger charge is 2.46. The Morgan fingerprint density at radius 2 is 1.51 bits per heavy atom. The molecule has 256 valence electrons. The lowest BCUT2D eigenvalue weighted by Gasteiger charge is -2.37. The van der Waals surface area contributed by atoms with Crippen molar-refractivity contribution in [3.8, 4) is 0 Å². The quantitative estimate of drug-likeness (QED) is 0.0507. The fourth-order valence-electron chi connectivity index (χ4n) is 7.16. The molecule has 0 spiro atoms. The van der Waals surface area contributed by atoms with E-state index in [9.17, 15) is 9.59 Å². The summed E-state index contributed by atoms with van der Waals surface area (Å²) in [6.07, 6.45) is 11.8. The summed E-state index contributed by atoms with van der Waals surface area (Å²) in [5.41, 5.74) is 1.37. The molecule has 0 saturated heterocycles. The Hall–Kier alpha value is -1.55. The highest BCUT2D eigenvalue weighted by Crippen LogP contribution is 2.41. The topological polar surface area (TPSA) is 61.8 Å². The first-order chi connectivity index (χ1) is 21.6. The summed E-state index contributed by atoms with van der Waals surface area (Å²) in [6, 6.07) is 17.5. The minimum absolute atomic E-state index is 0.00488. The molecule has 0 bridgehead atoms. The molecule has 7 heteroatoms. The van der Waals surface area contributed by atoms with E-state index in [1.807, 2.05) is 13.8 Å². The maximum Gasteiger partial charge on any atom is 0.306 e. The molecule has 0 aromatic heterocycles. The smallest absolute Gasteiger partial charge is 0.306 e. The standard InChI is InChI=1S/C38H66O5Si2/c1-9-44(10-2,11-3)42-33(27-26-32-22-18-17-19-23-32)28-29-35-34(24-20-15-16-21-25-38(40)41-31(7)8)36(39)30-37(35)43-45(12-4,13-5)14-6/h15,17-20,22-23,31,33-35,37H,9-14,16,21,24-30H2,1-8H3/b20-15-/t33-,34+,35+,37+/m0/s1. The number of unbranched alkanes of at least 4 members (excludes halogenated alkanes) is 1. The second kappa shape index (κ2) is 20.6. The van der Waals surface area contributed by atoms with E-state index < -0.39 is 16.6 Å². The van der Waals surface area contributed by atoms with Crippen molar-refractivity contribution in [2.24, 2.45) is 11.8 Å². The van der Waals surface area contributed by atoms with E-state index in [1.165, 1.54) is 5.56 Å². The number of ketones is 1. The highest BCUT2D eigenvalue weighted by atomic mass is 28.4. The van der Waals surface area contributed by atoms with Gasteiger partial charge in [-0.3, -0.25) is 9.59 Å². The summed E-state index contributed by atoms with van der Waals surface area (Å²) in [5.74, 6) is 0.450. The molecule has 4 atom stereocenters. The van der Waals surface area contributed by atoms with Crippen LogP contribution in [0.25, 0.3) is 0 Å². The summed E-state index contributed by atoms with van der Waals surface area (Å²) < 4.78 is 19.5. The molecule has 0 aliphatic heterocycles. The maximum absolute atomic E-state index is 13.6. The first-order valence-corrected chi connectivity index (χ1v) is 23.4. The first-order valence-electron chi connectivity index (χ1n) is 18.4. The van der Waals surface area contributed by atoms with Gasteiger partial charge in [0.25, 0.3) is 0 Å². The van der Waals surface area contributed by atoms with Gasteiger partial charge < -0.3 is 13.6 Å². The van der Waals surface area contributed by atoms with Crippen LogP contribution in [0.15, 0.2) is 42.5 Å². The van der Waals surface area contributed by atoms with Gasteiger partial charge in [0.05, 0.1) is 12.2 Å². The van der Waals surface area contributed by atoms with Crippen LogP contribution in [0.5, 0.6) is 0 Å². The van der Waals surface area contributed by atoms with E-state index in [-0.39, 0.29) is 36.1 Å². The van der Waals surface area contributed by atoms with Crippen LogP contribution in [0.4, 0.5) is 0 Å². The second-order valence-electron chi connectivity index (χ2n) is 13.6. The third kappa shape index (κ3) is 12.9. The fourth-order valence-corrected chi connectivity index (χ4v) is 13.0. The number of esters is 1. The van der Waals surface area contributed by atoms with Crippen molar-refractivity contribution in [1.82, 2.24) is 0 Å². The van der Waals surface area contributed by atoms with Crippen LogP contribution in [0.2, 0.25) is 36.3 Å². The molecule has 0 heterocycles. The predicted molar refractivity (Wildman–Crippen MR) is 194 cm³/mol. The summed E-state index contributed by atoms with van der Waals surface area (Å²) in [6.45, 7) is 17.5. The molecular formula is C38H66O5Si2. The molecule has 1 aliphatic carbocycles. The van der Waals surface area contributed by atoms with Crippen LogP contribution in [0.1, 0.15) is 112 Å². The number of hydrogen-bond acceptors (Lipinski definition) is 5. The molecule has 5 nitrogen and oxygen atoms in total. The largest absolute Gasteiger partial charge is 0.463 e. The molecule has 1 aliphatic rings. The van der Waals surface area contributed by atoms with Crippen molar-refractivity contribution in [3.05, 3.63) is 48.0 Å². The number of aryl methyl sites for hydroxylation is 1. The molecule has 0 radical (unpaired) electrons. The summed E-state index contributed by atoms with van der Waals surface area (Å²) in [7, 11) is -3.65. The van der Waals surface area contributed by atoms with Crippen molar-refractivity contribution in [2.75, 3.05) is 0 Å². The Labute approximate surface area is 278 Å². The van der Waals surface area contributed by atoms with Crippen LogP contribution < -0.4 is 0 Å². The molecule has 1 fully saturated rings. The maximum atomic E-state index is 13.6. The van der Waals surface area contributed by atoms with E-state index >= 15 is 0 Å². The van der Waals surface area contributed by atoms with E-state index in [0.717, 1.165) is 81.2 Å². The molecule has 2 rings (SSSR count). The molecule has 0 unspecified atom stereocenters. The van der Waals surface area contributed by atoms with E-state index in [0.29, 0.717) is 18.6 Å². The van der Waals surface area contributed by atoms with Gasteiger partial charge >= 0.3 is 5.97 Å². The number of allylic oxidation sites excluding steroid dienone is 2. The fraction of sp³-hybridized carbons (Fsp3) is 0.737. The van der Waals surface area contributed by atoms with E-state index in [1.54, 1.807) is 0 Å². The van der Waals surface area contributed by atoms with Gasteiger partial charge in [-0.05, 0) is 107 Å². The van der Waals surface area contributed by atoms with Crippen molar-refractivity contribution < 1.29 is 23.2 Å². The number of carbonyl (C=O) groups is 2. The highest BCUT2D eigenvalue weighted by molar-refractivity contribution is 6.74. The SMILES string of the molecule is CC[Si](CC)(CC)O[C@@H](CCc1ccccc1)CC[C@H]1[C@H](O[Si](CC)(CC)CC)CC(=O)[C@@H]1C/C=C\CCCC(=O)OC(C)C. The average molecular weight is 659 g/mol. The molecular weight excluding hydrogens is 593 g/mol. The Bertz CT molecular complexity index is 986. The van der Waals surface area contributed by atoms with Crippen LogP contribution in [0.3, 0.4) is 0 Å². The number of rotatable bonds is 23. The van der Waals surface area contributed by atoms with Gasteiger partial charge in [0.15, 0.2) is 16.6 Å². The molecule has 0 amide bonds. The van der Waals surface area contributed by atoms with E-state index in [4.69, 9.17) is 13.6 Å². The number of Topliss-reactive ketones (excluding diaryl/α,β-unsaturated/α-hetero) is 1. The lowest BCUT2D eigenvalue weighted by atomic mass is 9.86. The Kier molecular flexibility index (Phi) is 18.2. The van der Waals surface area contributed by atoms with Crippen molar-refractivity contribution >= 4 is 28.4 Å². The first kappa shape index (κ1) is 39.6. The second-order valence-corrected chi connectivity index (χ2v) is 23.0.